The lowest BCUT2D eigenvalue weighted by Gasteiger charge is -2.42. The van der Waals surface area contributed by atoms with Gasteiger partial charge in [-0.3, -0.25) is 0 Å². The third kappa shape index (κ3) is 4.76. The van der Waals surface area contributed by atoms with Gasteiger partial charge >= 0.3 is 0 Å². The summed E-state index contributed by atoms with van der Waals surface area (Å²) in [5.41, 5.74) is 2.28. The van der Waals surface area contributed by atoms with E-state index in [1.807, 2.05) is 13.0 Å². The van der Waals surface area contributed by atoms with Gasteiger partial charge in [-0.25, -0.2) is 4.39 Å². The lowest BCUT2D eigenvalue weighted by Crippen LogP contribution is -2.30. The van der Waals surface area contributed by atoms with Gasteiger partial charge in [-0.1, -0.05) is 56.5 Å². The fourth-order valence-corrected chi connectivity index (χ4v) is 6.15. The van der Waals surface area contributed by atoms with Gasteiger partial charge in [-0.2, -0.15) is 0 Å². The molecule has 0 saturated heterocycles. The van der Waals surface area contributed by atoms with Gasteiger partial charge in [0, 0.05) is 0 Å². The lowest BCUT2D eigenvalue weighted by atomic mass is 9.63. The van der Waals surface area contributed by atoms with Crippen LogP contribution in [0.1, 0.15) is 88.7 Å². The summed E-state index contributed by atoms with van der Waals surface area (Å²) in [7, 11) is 0. The van der Waals surface area contributed by atoms with E-state index in [1.165, 1.54) is 62.3 Å². The molecule has 29 heavy (non-hydrogen) atoms. The maximum absolute atomic E-state index is 14.6. The van der Waals surface area contributed by atoms with E-state index in [1.54, 1.807) is 6.07 Å². The minimum atomic E-state index is -0.0443. The first-order valence-corrected chi connectivity index (χ1v) is 12.0. The molecule has 0 heterocycles. The third-order valence-electron chi connectivity index (χ3n) is 7.74. The Morgan fingerprint density at radius 3 is 2.62 bits per heavy atom. The summed E-state index contributed by atoms with van der Waals surface area (Å²) in [6.45, 7) is 4.35. The summed E-state index contributed by atoms with van der Waals surface area (Å²) in [5, 5.41) is 2.25. The first-order chi connectivity index (χ1) is 14.2. The van der Waals surface area contributed by atoms with E-state index < -0.39 is 0 Å². The average Bonchev–Trinajstić information content (AvgIpc) is 2.74. The van der Waals surface area contributed by atoms with Crippen LogP contribution in [0.3, 0.4) is 0 Å². The quantitative estimate of drug-likeness (QED) is 0.432. The van der Waals surface area contributed by atoms with Crippen LogP contribution in [-0.2, 0) is 6.42 Å². The molecule has 0 aromatic heterocycles. The fourth-order valence-electron chi connectivity index (χ4n) is 6.15. The van der Waals surface area contributed by atoms with Crippen molar-refractivity contribution in [1.82, 2.24) is 0 Å². The smallest absolute Gasteiger partial charge is 0.127 e. The SMILES string of the molecule is CC=CCCc1cc2ccc(C3CCC4CC(CCC)CCC4C3)cc2cc1F. The zero-order valence-electron chi connectivity index (χ0n) is 18.3. The molecule has 0 radical (unpaired) electrons. The average molecular weight is 393 g/mol. The minimum absolute atomic E-state index is 0.0443. The summed E-state index contributed by atoms with van der Waals surface area (Å²) < 4.78 is 14.6. The van der Waals surface area contributed by atoms with Gasteiger partial charge < -0.3 is 0 Å². The van der Waals surface area contributed by atoms with Crippen LogP contribution in [0.25, 0.3) is 10.8 Å². The van der Waals surface area contributed by atoms with Crippen LogP contribution >= 0.6 is 0 Å². The van der Waals surface area contributed by atoms with Crippen molar-refractivity contribution >= 4 is 10.8 Å². The van der Waals surface area contributed by atoms with Gasteiger partial charge in [0.25, 0.3) is 0 Å². The molecule has 2 aromatic carbocycles. The van der Waals surface area contributed by atoms with Gasteiger partial charge in [0.15, 0.2) is 0 Å². The molecule has 0 spiro atoms. The molecule has 0 aliphatic heterocycles. The Balaban J connectivity index is 1.46. The van der Waals surface area contributed by atoms with E-state index in [0.29, 0.717) is 5.92 Å². The number of fused-ring (bicyclic) bond motifs is 2. The number of benzene rings is 2. The van der Waals surface area contributed by atoms with Crippen LogP contribution in [-0.4, -0.2) is 0 Å². The third-order valence-corrected chi connectivity index (χ3v) is 7.74. The number of aryl methyl sites for hydroxylation is 1. The van der Waals surface area contributed by atoms with Crippen molar-refractivity contribution in [1.29, 1.82) is 0 Å². The van der Waals surface area contributed by atoms with Crippen molar-refractivity contribution in [3.8, 4) is 0 Å². The first kappa shape index (κ1) is 20.6. The van der Waals surface area contributed by atoms with Crippen LogP contribution in [0.5, 0.6) is 0 Å². The molecule has 0 N–H and O–H groups in total. The summed E-state index contributed by atoms with van der Waals surface area (Å²) in [4.78, 5) is 0. The Morgan fingerprint density at radius 1 is 0.966 bits per heavy atom. The maximum atomic E-state index is 14.6. The molecule has 4 atom stereocenters. The largest absolute Gasteiger partial charge is 0.207 e. The zero-order valence-corrected chi connectivity index (χ0v) is 18.3. The van der Waals surface area contributed by atoms with Crippen LogP contribution in [0.4, 0.5) is 4.39 Å². The summed E-state index contributed by atoms with van der Waals surface area (Å²) >= 11 is 0. The molecule has 2 fully saturated rings. The highest BCUT2D eigenvalue weighted by molar-refractivity contribution is 5.84. The fraction of sp³-hybridized carbons (Fsp3) is 0.571. The highest BCUT2D eigenvalue weighted by Gasteiger charge is 2.35. The van der Waals surface area contributed by atoms with E-state index in [4.69, 9.17) is 0 Å². The van der Waals surface area contributed by atoms with Gasteiger partial charge in [-0.15, -0.1) is 0 Å². The van der Waals surface area contributed by atoms with Crippen LogP contribution in [0, 0.1) is 23.6 Å². The van der Waals surface area contributed by atoms with Gasteiger partial charge in [0.2, 0.25) is 0 Å². The number of hydrogen-bond donors (Lipinski definition) is 0. The number of allylic oxidation sites excluding steroid dienone is 2. The van der Waals surface area contributed by atoms with E-state index in [9.17, 15) is 4.39 Å². The summed E-state index contributed by atoms with van der Waals surface area (Å²) in [6, 6.07) is 10.7. The monoisotopic (exact) mass is 392 g/mol. The second kappa shape index (κ2) is 9.45. The van der Waals surface area contributed by atoms with Crippen molar-refractivity contribution in [2.75, 3.05) is 0 Å². The van der Waals surface area contributed by atoms with Crippen molar-refractivity contribution in [3.63, 3.8) is 0 Å². The zero-order chi connectivity index (χ0) is 20.2. The lowest BCUT2D eigenvalue weighted by molar-refractivity contribution is 0.114. The first-order valence-electron chi connectivity index (χ1n) is 12.0. The topological polar surface area (TPSA) is 0 Å². The Bertz CT molecular complexity index is 849. The van der Waals surface area contributed by atoms with Crippen molar-refractivity contribution in [2.24, 2.45) is 17.8 Å². The van der Waals surface area contributed by atoms with E-state index in [0.717, 1.165) is 41.5 Å². The molecule has 2 aliphatic carbocycles. The second-order valence-corrected chi connectivity index (χ2v) is 9.66. The maximum Gasteiger partial charge on any atom is 0.127 e. The Labute approximate surface area is 176 Å². The molecule has 0 bridgehead atoms. The molecule has 4 unspecified atom stereocenters. The van der Waals surface area contributed by atoms with Gasteiger partial charge in [-0.05, 0) is 110 Å². The number of hydrogen-bond acceptors (Lipinski definition) is 0. The standard InChI is InChI=1S/C28H37F/c1-3-5-6-8-26-17-25-14-13-24(18-27(25)19-28(26)29)23-12-11-21-15-20(7-4-2)9-10-22(21)16-23/h3,5,13-14,17-23H,4,6-12,15-16H2,1-2H3. The summed E-state index contributed by atoms with van der Waals surface area (Å²) in [6.07, 6.45) is 17.0. The van der Waals surface area contributed by atoms with Crippen LogP contribution in [0.2, 0.25) is 0 Å². The molecule has 0 nitrogen and oxygen atoms in total. The van der Waals surface area contributed by atoms with Crippen molar-refractivity contribution in [2.45, 2.75) is 84.0 Å². The van der Waals surface area contributed by atoms with E-state index in [2.05, 4.69) is 37.3 Å². The highest BCUT2D eigenvalue weighted by Crippen LogP contribution is 2.48. The highest BCUT2D eigenvalue weighted by atomic mass is 19.1. The van der Waals surface area contributed by atoms with Crippen LogP contribution in [0.15, 0.2) is 42.5 Å². The Kier molecular flexibility index (Phi) is 6.73. The normalized spacial score (nSPS) is 27.4. The molecule has 0 amide bonds. The second-order valence-electron chi connectivity index (χ2n) is 9.66. The molecule has 4 rings (SSSR count). The molecule has 2 saturated carbocycles. The van der Waals surface area contributed by atoms with Gasteiger partial charge in [0.05, 0.1) is 0 Å². The van der Waals surface area contributed by atoms with E-state index >= 15 is 0 Å². The molecule has 2 aliphatic rings. The van der Waals surface area contributed by atoms with Crippen LogP contribution < -0.4 is 0 Å². The molecular formula is C28H37F. The Hall–Kier alpha value is -1.63. The van der Waals surface area contributed by atoms with Gasteiger partial charge in [0.1, 0.15) is 5.82 Å². The van der Waals surface area contributed by atoms with Crippen molar-refractivity contribution < 1.29 is 4.39 Å². The molecule has 2 aromatic rings. The molecular weight excluding hydrogens is 355 g/mol. The number of rotatable bonds is 6. The van der Waals surface area contributed by atoms with Crippen molar-refractivity contribution in [3.05, 3.63) is 59.4 Å². The minimum Gasteiger partial charge on any atom is -0.207 e. The summed E-state index contributed by atoms with van der Waals surface area (Å²) in [5.74, 6) is 3.50. The Morgan fingerprint density at radius 2 is 1.79 bits per heavy atom. The van der Waals surface area contributed by atoms with E-state index in [-0.39, 0.29) is 5.82 Å². The predicted molar refractivity (Wildman–Crippen MR) is 123 cm³/mol. The molecule has 156 valence electrons. The molecule has 1 heteroatoms. The predicted octanol–water partition coefficient (Wildman–Crippen LogP) is 8.59. The number of halogens is 1.